The number of halogens is 2. The summed E-state index contributed by atoms with van der Waals surface area (Å²) < 4.78 is 13.2. The summed E-state index contributed by atoms with van der Waals surface area (Å²) in [6.45, 7) is 3.56. The van der Waals surface area contributed by atoms with Gasteiger partial charge in [-0.2, -0.15) is 0 Å². The van der Waals surface area contributed by atoms with Gasteiger partial charge in [-0.25, -0.2) is 4.39 Å². The lowest BCUT2D eigenvalue weighted by atomic mass is 9.97. The molecule has 3 N–H and O–H groups in total. The molecule has 1 heterocycles. The quantitative estimate of drug-likeness (QED) is 0.378. The Morgan fingerprint density at radius 2 is 1.67 bits per heavy atom. The second-order valence-electron chi connectivity index (χ2n) is 7.15. The van der Waals surface area contributed by atoms with E-state index in [9.17, 15) is 18.8 Å². The Hall–Kier alpha value is -2.94. The van der Waals surface area contributed by atoms with Gasteiger partial charge < -0.3 is 20.9 Å². The summed E-state index contributed by atoms with van der Waals surface area (Å²) in [5, 5.41) is 8.05. The molecule has 33 heavy (non-hydrogen) atoms. The molecule has 0 aromatic heterocycles. The predicted molar refractivity (Wildman–Crippen MR) is 129 cm³/mol. The lowest BCUT2D eigenvalue weighted by Crippen LogP contribution is -2.47. The first kappa shape index (κ1) is 28.1. The normalized spacial score (nSPS) is 13.1. The molecule has 0 radical (unpaired) electrons. The van der Waals surface area contributed by atoms with Crippen molar-refractivity contribution in [1.29, 1.82) is 5.41 Å². The third kappa shape index (κ3) is 8.84. The zero-order valence-corrected chi connectivity index (χ0v) is 19.6. The highest BCUT2D eigenvalue weighted by atomic mass is 35.5. The van der Waals surface area contributed by atoms with E-state index in [0.29, 0.717) is 29.3 Å². The number of hydrogen-bond acceptors (Lipinski definition) is 6. The summed E-state index contributed by atoms with van der Waals surface area (Å²) in [5.74, 6) is -0.410. The Morgan fingerprint density at radius 3 is 2.24 bits per heavy atom. The van der Waals surface area contributed by atoms with Gasteiger partial charge in [0.05, 0.1) is 5.56 Å². The molecule has 0 atom stereocenters. The van der Waals surface area contributed by atoms with Crippen LogP contribution in [0.25, 0.3) is 0 Å². The molecule has 3 rings (SSSR count). The maximum absolute atomic E-state index is 13.2. The van der Waals surface area contributed by atoms with Crippen LogP contribution >= 0.6 is 11.6 Å². The number of carbonyl (C=O) groups excluding carboxylic acids is 3. The van der Waals surface area contributed by atoms with Gasteiger partial charge in [0.1, 0.15) is 11.7 Å². The van der Waals surface area contributed by atoms with Gasteiger partial charge in [-0.05, 0) is 31.8 Å². The molecule has 9 heteroatoms. The molecule has 178 valence electrons. The molecule has 1 amide bonds. The van der Waals surface area contributed by atoms with Crippen LogP contribution in [0.3, 0.4) is 0 Å². The largest absolute Gasteiger partial charge is 0.339 e. The molecule has 1 aliphatic heterocycles. The first-order valence-electron chi connectivity index (χ1n) is 10.3. The van der Waals surface area contributed by atoms with Crippen LogP contribution in [-0.2, 0) is 11.2 Å². The van der Waals surface area contributed by atoms with Crippen molar-refractivity contribution in [2.24, 2.45) is 5.73 Å². The van der Waals surface area contributed by atoms with Crippen molar-refractivity contribution < 1.29 is 18.8 Å². The number of amides is 1. The van der Waals surface area contributed by atoms with Crippen molar-refractivity contribution in [3.8, 4) is 0 Å². The average molecular weight is 477 g/mol. The fourth-order valence-corrected chi connectivity index (χ4v) is 3.28. The summed E-state index contributed by atoms with van der Waals surface area (Å²) in [6.07, 6.45) is 1.37. The molecule has 1 saturated heterocycles. The van der Waals surface area contributed by atoms with Gasteiger partial charge in [-0.1, -0.05) is 30.3 Å². The fraction of sp³-hybridized carbons (Fsp3) is 0.333. The summed E-state index contributed by atoms with van der Waals surface area (Å²) in [7, 11) is 3.56. The highest BCUT2D eigenvalue weighted by Crippen LogP contribution is 2.14. The van der Waals surface area contributed by atoms with Gasteiger partial charge >= 0.3 is 0 Å². The molecule has 0 spiro atoms. The number of likely N-dealkylation sites (N-methyl/N-ethyl adjacent to an activating group) is 1. The van der Waals surface area contributed by atoms with E-state index >= 15 is 0 Å². The van der Waals surface area contributed by atoms with Gasteiger partial charge in [0, 0.05) is 49.4 Å². The molecule has 7 nitrogen and oxygen atoms in total. The third-order valence-corrected chi connectivity index (χ3v) is 5.18. The number of alkyl halides is 1. The van der Waals surface area contributed by atoms with Crippen molar-refractivity contribution in [2.45, 2.75) is 6.42 Å². The second-order valence-corrected chi connectivity index (χ2v) is 7.42. The molecule has 2 aromatic carbocycles. The van der Waals surface area contributed by atoms with Crippen LogP contribution in [0.4, 0.5) is 4.39 Å². The Kier molecular flexibility index (Phi) is 12.8. The van der Waals surface area contributed by atoms with Crippen LogP contribution < -0.4 is 5.73 Å². The SMILES string of the molecule is CN.CN1CCN(C(=O)CCl)CC1.N=C(Cc1ccc(F)c(C=O)c1)c1ccccc1C=O. The van der Waals surface area contributed by atoms with Crippen molar-refractivity contribution >= 4 is 35.8 Å². The minimum atomic E-state index is -0.580. The minimum absolute atomic E-state index is 0.0287. The van der Waals surface area contributed by atoms with Crippen LogP contribution in [0.1, 0.15) is 31.8 Å². The van der Waals surface area contributed by atoms with Crippen LogP contribution in [0.2, 0.25) is 0 Å². The Morgan fingerprint density at radius 1 is 1.06 bits per heavy atom. The first-order chi connectivity index (χ1) is 15.9. The van der Waals surface area contributed by atoms with E-state index in [1.165, 1.54) is 25.2 Å². The predicted octanol–water partition coefficient (Wildman–Crippen LogP) is 2.64. The minimum Gasteiger partial charge on any atom is -0.339 e. The lowest BCUT2D eigenvalue weighted by molar-refractivity contribution is -0.130. The smallest absolute Gasteiger partial charge is 0.237 e. The van der Waals surface area contributed by atoms with Crippen molar-refractivity contribution in [1.82, 2.24) is 9.80 Å². The number of piperazine rings is 1. The van der Waals surface area contributed by atoms with E-state index in [1.807, 2.05) is 4.90 Å². The number of hydrogen-bond donors (Lipinski definition) is 2. The van der Waals surface area contributed by atoms with Crippen LogP contribution in [0, 0.1) is 11.2 Å². The highest BCUT2D eigenvalue weighted by Gasteiger charge is 2.17. The zero-order chi connectivity index (χ0) is 24.8. The number of aldehydes is 2. The summed E-state index contributed by atoms with van der Waals surface area (Å²) in [5.41, 5.74) is 6.35. The third-order valence-electron chi connectivity index (χ3n) is 4.95. The molecule has 0 unspecified atom stereocenters. The maximum atomic E-state index is 13.2. The lowest BCUT2D eigenvalue weighted by Gasteiger charge is -2.31. The summed E-state index contributed by atoms with van der Waals surface area (Å²) in [4.78, 5) is 36.7. The Bertz CT molecular complexity index is 947. The molecule has 0 bridgehead atoms. The summed E-state index contributed by atoms with van der Waals surface area (Å²) >= 11 is 5.42. The van der Waals surface area contributed by atoms with Crippen molar-refractivity contribution in [3.63, 3.8) is 0 Å². The number of benzene rings is 2. The number of rotatable bonds is 6. The van der Waals surface area contributed by atoms with E-state index in [1.54, 1.807) is 24.3 Å². The molecule has 2 aromatic rings. The number of nitrogens with zero attached hydrogens (tertiary/aromatic N) is 2. The van der Waals surface area contributed by atoms with E-state index in [-0.39, 0.29) is 29.5 Å². The van der Waals surface area contributed by atoms with Gasteiger partial charge in [-0.15, -0.1) is 11.6 Å². The topological polar surface area (TPSA) is 108 Å². The first-order valence-corrected chi connectivity index (χ1v) is 10.9. The zero-order valence-electron chi connectivity index (χ0n) is 18.9. The van der Waals surface area contributed by atoms with Crippen LogP contribution in [0.15, 0.2) is 42.5 Å². The average Bonchev–Trinajstić information content (AvgIpc) is 2.86. The Balaban J connectivity index is 0.000000354. The van der Waals surface area contributed by atoms with E-state index in [0.717, 1.165) is 26.2 Å². The molecule has 1 fully saturated rings. The van der Waals surface area contributed by atoms with Crippen molar-refractivity contribution in [3.05, 3.63) is 70.5 Å². The molecule has 1 aliphatic rings. The van der Waals surface area contributed by atoms with Crippen LogP contribution in [-0.4, -0.2) is 80.1 Å². The highest BCUT2D eigenvalue weighted by molar-refractivity contribution is 6.27. The van der Waals surface area contributed by atoms with E-state index in [4.69, 9.17) is 17.0 Å². The van der Waals surface area contributed by atoms with E-state index in [2.05, 4.69) is 17.7 Å². The Labute approximate surface area is 198 Å². The van der Waals surface area contributed by atoms with E-state index < -0.39 is 5.82 Å². The van der Waals surface area contributed by atoms with Crippen molar-refractivity contribution in [2.75, 3.05) is 46.2 Å². The number of nitrogens with two attached hydrogens (primary N) is 1. The van der Waals surface area contributed by atoms with Gasteiger partial charge in [0.2, 0.25) is 5.91 Å². The molecular formula is C24H30ClFN4O3. The standard InChI is InChI=1S/C16H12FNO2.C7H13ClN2O.CH5N/c17-15-6-5-11(7-13(15)10-20)8-16(18)14-4-2-1-3-12(14)9-19;1-9-2-4-10(5-3-9)7(11)6-8;1-2/h1-7,9-10,18H,8H2;2-6H2,1H3;2H2,1H3. The fourth-order valence-electron chi connectivity index (χ4n) is 3.11. The molecule has 0 aliphatic carbocycles. The summed E-state index contributed by atoms with van der Waals surface area (Å²) in [6, 6.07) is 11.0. The van der Waals surface area contributed by atoms with Gasteiger partial charge in [0.25, 0.3) is 0 Å². The van der Waals surface area contributed by atoms with Gasteiger partial charge in [-0.3, -0.25) is 14.4 Å². The van der Waals surface area contributed by atoms with Crippen LogP contribution in [0.5, 0.6) is 0 Å². The monoisotopic (exact) mass is 476 g/mol. The number of carbonyl (C=O) groups is 3. The second kappa shape index (κ2) is 15.0. The maximum Gasteiger partial charge on any atom is 0.237 e. The molecular weight excluding hydrogens is 447 g/mol. The molecule has 0 saturated carbocycles. The number of nitrogens with one attached hydrogen (secondary N) is 1. The van der Waals surface area contributed by atoms with Gasteiger partial charge in [0.15, 0.2) is 12.6 Å².